The fraction of sp³-hybridized carbons (Fsp3) is 0.308. The zero-order valence-electron chi connectivity index (χ0n) is 10.8. The van der Waals surface area contributed by atoms with Crippen molar-refractivity contribution in [3.63, 3.8) is 0 Å². The number of aromatic nitrogens is 1. The molecule has 19 heavy (non-hydrogen) atoms. The van der Waals surface area contributed by atoms with Gasteiger partial charge in [0.15, 0.2) is 0 Å². The molecule has 100 valence electrons. The molecule has 0 saturated heterocycles. The summed E-state index contributed by atoms with van der Waals surface area (Å²) in [6, 6.07) is 4.95. The molecular weight excluding hydrogens is 246 g/mol. The summed E-state index contributed by atoms with van der Waals surface area (Å²) in [5.74, 6) is 0.399. The highest BCUT2D eigenvalue weighted by Gasteiger charge is 2.14. The van der Waals surface area contributed by atoms with Gasteiger partial charge in [0, 0.05) is 23.7 Å². The molecule has 1 heterocycles. The van der Waals surface area contributed by atoms with Gasteiger partial charge in [-0.2, -0.15) is 0 Å². The van der Waals surface area contributed by atoms with E-state index in [0.29, 0.717) is 23.6 Å². The summed E-state index contributed by atoms with van der Waals surface area (Å²) >= 11 is 0. The van der Waals surface area contributed by atoms with Crippen molar-refractivity contribution < 1.29 is 9.34 Å². The number of nitro groups is 1. The SMILES string of the molecule is CCNCc1coc(-c2ccc(C)c([N+](=O)[O-])c2)n1. The maximum Gasteiger partial charge on any atom is 0.273 e. The first-order chi connectivity index (χ1) is 9.11. The zero-order chi connectivity index (χ0) is 13.8. The Hall–Kier alpha value is -2.21. The summed E-state index contributed by atoms with van der Waals surface area (Å²) in [4.78, 5) is 14.8. The first-order valence-corrected chi connectivity index (χ1v) is 6.02. The van der Waals surface area contributed by atoms with Crippen LogP contribution < -0.4 is 5.32 Å². The van der Waals surface area contributed by atoms with Gasteiger partial charge >= 0.3 is 0 Å². The van der Waals surface area contributed by atoms with E-state index in [1.165, 1.54) is 6.07 Å². The van der Waals surface area contributed by atoms with E-state index in [-0.39, 0.29) is 5.69 Å². The number of oxazole rings is 1. The van der Waals surface area contributed by atoms with Crippen LogP contribution in [0.25, 0.3) is 11.5 Å². The zero-order valence-corrected chi connectivity index (χ0v) is 10.8. The summed E-state index contributed by atoms with van der Waals surface area (Å²) in [6.45, 7) is 5.17. The summed E-state index contributed by atoms with van der Waals surface area (Å²) in [5, 5.41) is 14.0. The largest absolute Gasteiger partial charge is 0.444 e. The molecule has 0 aliphatic rings. The van der Waals surface area contributed by atoms with Crippen molar-refractivity contribution in [3.05, 3.63) is 45.8 Å². The van der Waals surface area contributed by atoms with Gasteiger partial charge in [-0.1, -0.05) is 13.0 Å². The Morgan fingerprint density at radius 1 is 1.47 bits per heavy atom. The van der Waals surface area contributed by atoms with E-state index in [0.717, 1.165) is 12.2 Å². The van der Waals surface area contributed by atoms with Crippen LogP contribution >= 0.6 is 0 Å². The summed E-state index contributed by atoms with van der Waals surface area (Å²) < 4.78 is 5.35. The Labute approximate surface area is 110 Å². The van der Waals surface area contributed by atoms with Gasteiger partial charge in [-0.3, -0.25) is 10.1 Å². The predicted octanol–water partition coefficient (Wildman–Crippen LogP) is 2.67. The normalized spacial score (nSPS) is 10.6. The summed E-state index contributed by atoms with van der Waals surface area (Å²) in [7, 11) is 0. The minimum atomic E-state index is -0.401. The summed E-state index contributed by atoms with van der Waals surface area (Å²) in [6.07, 6.45) is 1.56. The minimum Gasteiger partial charge on any atom is -0.444 e. The van der Waals surface area contributed by atoms with Crippen molar-refractivity contribution in [2.75, 3.05) is 6.54 Å². The Morgan fingerprint density at radius 3 is 2.95 bits per heavy atom. The molecule has 0 saturated carbocycles. The number of nitrogens with one attached hydrogen (secondary N) is 1. The molecule has 6 nitrogen and oxygen atoms in total. The van der Waals surface area contributed by atoms with Crippen LogP contribution in [0.3, 0.4) is 0 Å². The quantitative estimate of drug-likeness (QED) is 0.661. The molecule has 0 amide bonds. The van der Waals surface area contributed by atoms with Crippen LogP contribution in [-0.4, -0.2) is 16.5 Å². The number of nitrogens with zero attached hydrogens (tertiary/aromatic N) is 2. The fourth-order valence-electron chi connectivity index (χ4n) is 1.71. The van der Waals surface area contributed by atoms with Gasteiger partial charge in [0.25, 0.3) is 5.69 Å². The number of nitro benzene ring substituents is 1. The molecule has 1 aromatic carbocycles. The molecule has 1 aromatic heterocycles. The van der Waals surface area contributed by atoms with E-state index < -0.39 is 4.92 Å². The second kappa shape index (κ2) is 5.62. The smallest absolute Gasteiger partial charge is 0.273 e. The maximum absolute atomic E-state index is 10.9. The van der Waals surface area contributed by atoms with Crippen molar-refractivity contribution in [1.29, 1.82) is 0 Å². The number of aryl methyl sites for hydroxylation is 1. The van der Waals surface area contributed by atoms with Gasteiger partial charge < -0.3 is 9.73 Å². The van der Waals surface area contributed by atoms with Gasteiger partial charge in [0.1, 0.15) is 6.26 Å². The lowest BCUT2D eigenvalue weighted by Gasteiger charge is -1.99. The molecule has 0 unspecified atom stereocenters. The van der Waals surface area contributed by atoms with Crippen LogP contribution in [0.4, 0.5) is 5.69 Å². The van der Waals surface area contributed by atoms with Gasteiger partial charge in [-0.05, 0) is 19.5 Å². The van der Waals surface area contributed by atoms with Crippen LogP contribution in [0.5, 0.6) is 0 Å². The molecule has 1 N–H and O–H groups in total. The highest BCUT2D eigenvalue weighted by Crippen LogP contribution is 2.26. The average Bonchev–Trinajstić information content (AvgIpc) is 2.85. The van der Waals surface area contributed by atoms with Crippen LogP contribution in [0.1, 0.15) is 18.2 Å². The third-order valence-electron chi connectivity index (χ3n) is 2.76. The predicted molar refractivity (Wildman–Crippen MR) is 70.7 cm³/mol. The Morgan fingerprint density at radius 2 is 2.26 bits per heavy atom. The molecular formula is C13H15N3O3. The lowest BCUT2D eigenvalue weighted by molar-refractivity contribution is -0.385. The molecule has 2 rings (SSSR count). The van der Waals surface area contributed by atoms with Crippen molar-refractivity contribution >= 4 is 5.69 Å². The van der Waals surface area contributed by atoms with E-state index in [9.17, 15) is 10.1 Å². The molecule has 2 aromatic rings. The Kier molecular flexibility index (Phi) is 3.91. The summed E-state index contributed by atoms with van der Waals surface area (Å²) in [5.41, 5.74) is 2.08. The average molecular weight is 261 g/mol. The number of hydrogen-bond donors (Lipinski definition) is 1. The third-order valence-corrected chi connectivity index (χ3v) is 2.76. The van der Waals surface area contributed by atoms with Crippen molar-refractivity contribution in [2.24, 2.45) is 0 Å². The van der Waals surface area contributed by atoms with Gasteiger partial charge in [-0.15, -0.1) is 0 Å². The van der Waals surface area contributed by atoms with Crippen molar-refractivity contribution in [1.82, 2.24) is 10.3 Å². The fourth-order valence-corrected chi connectivity index (χ4v) is 1.71. The second-order valence-corrected chi connectivity index (χ2v) is 4.18. The van der Waals surface area contributed by atoms with Gasteiger partial charge in [-0.25, -0.2) is 4.98 Å². The highest BCUT2D eigenvalue weighted by molar-refractivity contribution is 5.60. The molecule has 0 fully saturated rings. The maximum atomic E-state index is 10.9. The monoisotopic (exact) mass is 261 g/mol. The van der Waals surface area contributed by atoms with Crippen LogP contribution in [0.15, 0.2) is 28.9 Å². The number of rotatable bonds is 5. The topological polar surface area (TPSA) is 81.2 Å². The van der Waals surface area contributed by atoms with E-state index in [2.05, 4.69) is 10.3 Å². The molecule has 0 aliphatic heterocycles. The molecule has 0 spiro atoms. The van der Waals surface area contributed by atoms with E-state index in [4.69, 9.17) is 4.42 Å². The number of benzene rings is 1. The minimum absolute atomic E-state index is 0.0731. The molecule has 6 heteroatoms. The Balaban J connectivity index is 2.29. The van der Waals surface area contributed by atoms with Crippen molar-refractivity contribution in [2.45, 2.75) is 20.4 Å². The van der Waals surface area contributed by atoms with Gasteiger partial charge in [0.05, 0.1) is 10.6 Å². The molecule has 0 atom stereocenters. The lowest BCUT2D eigenvalue weighted by atomic mass is 10.1. The molecule has 0 aliphatic carbocycles. The van der Waals surface area contributed by atoms with Crippen molar-refractivity contribution in [3.8, 4) is 11.5 Å². The lowest BCUT2D eigenvalue weighted by Crippen LogP contribution is -2.11. The second-order valence-electron chi connectivity index (χ2n) is 4.18. The molecule has 0 bridgehead atoms. The van der Waals surface area contributed by atoms with E-state index >= 15 is 0 Å². The third kappa shape index (κ3) is 2.97. The number of hydrogen-bond acceptors (Lipinski definition) is 5. The van der Waals surface area contributed by atoms with E-state index in [1.807, 2.05) is 6.92 Å². The Bertz CT molecular complexity index is 593. The van der Waals surface area contributed by atoms with Crippen LogP contribution in [0, 0.1) is 17.0 Å². The van der Waals surface area contributed by atoms with E-state index in [1.54, 1.807) is 25.3 Å². The first-order valence-electron chi connectivity index (χ1n) is 6.02. The van der Waals surface area contributed by atoms with Crippen LogP contribution in [0.2, 0.25) is 0 Å². The van der Waals surface area contributed by atoms with Gasteiger partial charge in [0.2, 0.25) is 5.89 Å². The highest BCUT2D eigenvalue weighted by atomic mass is 16.6. The van der Waals surface area contributed by atoms with Crippen LogP contribution in [-0.2, 0) is 6.54 Å². The first kappa shape index (κ1) is 13.2. The molecule has 0 radical (unpaired) electrons. The standard InChI is InChI=1S/C13H15N3O3/c1-3-14-7-11-8-19-13(15-11)10-5-4-9(2)12(6-10)16(17)18/h4-6,8,14H,3,7H2,1-2H3.